The van der Waals surface area contributed by atoms with E-state index in [9.17, 15) is 24.2 Å². The summed E-state index contributed by atoms with van der Waals surface area (Å²) in [5, 5.41) is 28.7. The third kappa shape index (κ3) is 4.42. The van der Waals surface area contributed by atoms with Crippen molar-refractivity contribution in [1.82, 2.24) is 29.3 Å². The molecule has 0 N–H and O–H groups in total. The van der Waals surface area contributed by atoms with E-state index in [1.54, 1.807) is 29.0 Å². The fourth-order valence-corrected chi connectivity index (χ4v) is 5.97. The molecule has 0 radical (unpaired) electrons. The highest BCUT2D eigenvalue weighted by Gasteiger charge is 2.44. The summed E-state index contributed by atoms with van der Waals surface area (Å²) in [5.74, 6) is 0.850. The fraction of sp³-hybridized carbons (Fsp3) is 0.241. The first-order chi connectivity index (χ1) is 20.4. The molecule has 1 aromatic carbocycles. The molecule has 210 valence electrons. The Kier molecular flexibility index (Phi) is 6.13. The van der Waals surface area contributed by atoms with Crippen LogP contribution in [0.5, 0.6) is 0 Å². The van der Waals surface area contributed by atoms with Crippen LogP contribution in [0.15, 0.2) is 73.4 Å². The maximum Gasteiger partial charge on any atom is 0.333 e. The number of nitrogens with zero attached hydrogens (tertiary/aromatic N) is 9. The average molecular weight is 568 g/mol. The molecule has 2 unspecified atom stereocenters. The van der Waals surface area contributed by atoms with Crippen LogP contribution in [0.2, 0.25) is 0 Å². The van der Waals surface area contributed by atoms with Gasteiger partial charge in [-0.2, -0.15) is 24.2 Å². The predicted molar refractivity (Wildman–Crippen MR) is 149 cm³/mol. The molecular formula is C29H23F2N9O2. The second kappa shape index (κ2) is 10.0. The van der Waals surface area contributed by atoms with Gasteiger partial charge in [-0.1, -0.05) is 12.1 Å². The maximum absolute atomic E-state index is 13.1. The van der Waals surface area contributed by atoms with E-state index in [-0.39, 0.29) is 10.6 Å². The van der Waals surface area contributed by atoms with Crippen molar-refractivity contribution in [3.8, 4) is 28.3 Å². The van der Waals surface area contributed by atoms with Crippen LogP contribution in [-0.4, -0.2) is 59.4 Å². The van der Waals surface area contributed by atoms with Crippen molar-refractivity contribution in [3.05, 3.63) is 94.7 Å². The molecule has 4 aromatic heterocycles. The standard InChI is InChI=1S/C29H23F2N9O2/c30-29(31)39-15-22(12-35-39)20-7-26(28-21(9-32)11-34-38(28)14-20)19-3-6-27(33-10-19)36-16-24-8-25(17-36)37(24)13-18-1-4-23(5-2-18)40(41)42/h1-7,10-12,14-15,24-25,29H,8,13,16-17H2. The smallest absolute Gasteiger partial charge is 0.333 e. The van der Waals surface area contributed by atoms with Gasteiger partial charge in [0.25, 0.3) is 5.69 Å². The van der Waals surface area contributed by atoms with Gasteiger partial charge in [-0.25, -0.2) is 14.2 Å². The van der Waals surface area contributed by atoms with Gasteiger partial charge in [0.1, 0.15) is 11.9 Å². The fourth-order valence-electron chi connectivity index (χ4n) is 5.97. The lowest BCUT2D eigenvalue weighted by Crippen LogP contribution is -2.68. The number of aromatic nitrogens is 5. The zero-order valence-corrected chi connectivity index (χ0v) is 22.1. The summed E-state index contributed by atoms with van der Waals surface area (Å²) in [7, 11) is 0. The second-order valence-electron chi connectivity index (χ2n) is 10.5. The number of nitro groups is 1. The van der Waals surface area contributed by atoms with Crippen molar-refractivity contribution in [2.45, 2.75) is 31.6 Å². The van der Waals surface area contributed by atoms with Crippen LogP contribution >= 0.6 is 0 Å². The number of nitro benzene ring substituents is 1. The molecule has 3 fully saturated rings. The van der Waals surface area contributed by atoms with Gasteiger partial charge in [0.05, 0.1) is 28.4 Å². The monoisotopic (exact) mass is 567 g/mol. The van der Waals surface area contributed by atoms with Gasteiger partial charge in [0.15, 0.2) is 0 Å². The maximum atomic E-state index is 13.1. The number of benzene rings is 1. The molecule has 7 heterocycles. The molecule has 3 saturated heterocycles. The number of halogens is 2. The molecule has 42 heavy (non-hydrogen) atoms. The zero-order chi connectivity index (χ0) is 29.0. The molecule has 13 heteroatoms. The van der Waals surface area contributed by atoms with E-state index in [4.69, 9.17) is 4.98 Å². The summed E-state index contributed by atoms with van der Waals surface area (Å²) >= 11 is 0. The molecule has 2 atom stereocenters. The first kappa shape index (κ1) is 25.7. The largest absolute Gasteiger partial charge is 0.353 e. The lowest BCUT2D eigenvalue weighted by molar-refractivity contribution is -0.384. The van der Waals surface area contributed by atoms with E-state index >= 15 is 0 Å². The number of alkyl halides is 2. The van der Waals surface area contributed by atoms with E-state index in [1.165, 1.54) is 18.6 Å². The number of nitriles is 1. The van der Waals surface area contributed by atoms with Crippen molar-refractivity contribution in [1.29, 1.82) is 5.26 Å². The molecule has 2 bridgehead atoms. The second-order valence-corrected chi connectivity index (χ2v) is 10.5. The Morgan fingerprint density at radius 3 is 2.43 bits per heavy atom. The number of anilines is 1. The molecule has 0 aliphatic carbocycles. The Balaban J connectivity index is 1.12. The van der Waals surface area contributed by atoms with Crippen LogP contribution in [-0.2, 0) is 6.54 Å². The molecule has 0 spiro atoms. The third-order valence-electron chi connectivity index (χ3n) is 8.11. The lowest BCUT2D eigenvalue weighted by Gasteiger charge is -2.56. The van der Waals surface area contributed by atoms with Crippen molar-refractivity contribution < 1.29 is 13.7 Å². The molecule has 3 aliphatic rings. The predicted octanol–water partition coefficient (Wildman–Crippen LogP) is 4.90. The highest BCUT2D eigenvalue weighted by molar-refractivity contribution is 5.87. The minimum atomic E-state index is -2.75. The van der Waals surface area contributed by atoms with Crippen LogP contribution in [0.3, 0.4) is 0 Å². The van der Waals surface area contributed by atoms with Crippen LogP contribution in [0.1, 0.15) is 24.1 Å². The van der Waals surface area contributed by atoms with E-state index < -0.39 is 6.55 Å². The third-order valence-corrected chi connectivity index (χ3v) is 8.11. The van der Waals surface area contributed by atoms with Crippen LogP contribution in [0.4, 0.5) is 20.3 Å². The normalized spacial score (nSPS) is 18.3. The summed E-state index contributed by atoms with van der Waals surface area (Å²) in [4.78, 5) is 20.0. The highest BCUT2D eigenvalue weighted by atomic mass is 19.3. The van der Waals surface area contributed by atoms with Gasteiger partial charge in [-0.15, -0.1) is 0 Å². The van der Waals surface area contributed by atoms with Gasteiger partial charge in [-0.3, -0.25) is 15.0 Å². The molecule has 3 aliphatic heterocycles. The number of fused-ring (bicyclic) bond motifs is 3. The van der Waals surface area contributed by atoms with E-state index in [0.717, 1.165) is 43.0 Å². The lowest BCUT2D eigenvalue weighted by atomic mass is 9.86. The summed E-state index contributed by atoms with van der Waals surface area (Å²) in [5.41, 5.74) is 4.76. The Labute approximate surface area is 238 Å². The molecule has 0 amide bonds. The van der Waals surface area contributed by atoms with Crippen LogP contribution in [0, 0.1) is 21.4 Å². The van der Waals surface area contributed by atoms with Crippen molar-refractivity contribution in [2.24, 2.45) is 0 Å². The number of piperidine rings is 1. The molecular weight excluding hydrogens is 544 g/mol. The van der Waals surface area contributed by atoms with Crippen molar-refractivity contribution in [3.63, 3.8) is 0 Å². The first-order valence-corrected chi connectivity index (χ1v) is 13.3. The van der Waals surface area contributed by atoms with Crippen LogP contribution < -0.4 is 4.90 Å². The van der Waals surface area contributed by atoms with Crippen molar-refractivity contribution in [2.75, 3.05) is 18.0 Å². The number of non-ortho nitro benzene ring substituents is 1. The van der Waals surface area contributed by atoms with Gasteiger partial charge < -0.3 is 4.90 Å². The quantitative estimate of drug-likeness (QED) is 0.201. The van der Waals surface area contributed by atoms with E-state index in [2.05, 4.69) is 26.1 Å². The number of pyridine rings is 2. The number of hydrogen-bond acceptors (Lipinski definition) is 8. The van der Waals surface area contributed by atoms with Crippen LogP contribution in [0.25, 0.3) is 27.8 Å². The molecule has 8 rings (SSSR count). The van der Waals surface area contributed by atoms with Gasteiger partial charge in [0, 0.05) is 84.7 Å². The number of piperazine rings is 1. The number of hydrogen-bond donors (Lipinski definition) is 0. The Morgan fingerprint density at radius 1 is 1.00 bits per heavy atom. The minimum absolute atomic E-state index is 0.0932. The Bertz CT molecular complexity index is 1830. The Morgan fingerprint density at radius 2 is 1.79 bits per heavy atom. The van der Waals surface area contributed by atoms with Crippen molar-refractivity contribution >= 4 is 17.0 Å². The Hall–Kier alpha value is -5.22. The van der Waals surface area contributed by atoms with Gasteiger partial charge >= 0.3 is 6.55 Å². The minimum Gasteiger partial charge on any atom is -0.353 e. The summed E-state index contributed by atoms with van der Waals surface area (Å²) < 4.78 is 28.4. The number of rotatable bonds is 7. The highest BCUT2D eigenvalue weighted by Crippen LogP contribution is 2.37. The van der Waals surface area contributed by atoms with Gasteiger partial charge in [0.2, 0.25) is 0 Å². The summed E-state index contributed by atoms with van der Waals surface area (Å²) in [6.45, 7) is -0.345. The topological polar surface area (TPSA) is 121 Å². The summed E-state index contributed by atoms with van der Waals surface area (Å²) in [6.07, 6.45) is 8.69. The van der Waals surface area contributed by atoms with Gasteiger partial charge in [-0.05, 0) is 30.2 Å². The van der Waals surface area contributed by atoms with E-state index in [1.807, 2.05) is 30.3 Å². The van der Waals surface area contributed by atoms with E-state index in [0.29, 0.717) is 44.5 Å². The molecule has 0 saturated carbocycles. The molecule has 5 aromatic rings. The molecule has 11 nitrogen and oxygen atoms in total. The SMILES string of the molecule is N#Cc1cnn2cc(-c3cnn(C(F)F)c3)cc(-c3ccc(N4CC5CC(C4)N5Cc4ccc([N+](=O)[O-])cc4)nc3)c12. The zero-order valence-electron chi connectivity index (χ0n) is 22.1. The summed E-state index contributed by atoms with van der Waals surface area (Å²) in [6, 6.07) is 15.4. The average Bonchev–Trinajstić information content (AvgIpc) is 3.68. The first-order valence-electron chi connectivity index (χ1n) is 13.3.